The van der Waals surface area contributed by atoms with Crippen molar-refractivity contribution in [2.24, 2.45) is 0 Å². The summed E-state index contributed by atoms with van der Waals surface area (Å²) in [5.41, 5.74) is 3.05. The first-order valence-corrected chi connectivity index (χ1v) is 8.79. The second-order valence-electron chi connectivity index (χ2n) is 6.21. The number of rotatable bonds is 5. The quantitative estimate of drug-likeness (QED) is 0.486. The molecule has 7 heteroatoms. The maximum absolute atomic E-state index is 12.4. The predicted octanol–water partition coefficient (Wildman–Crippen LogP) is 3.21. The third kappa shape index (κ3) is 4.03. The van der Waals surface area contributed by atoms with Crippen molar-refractivity contribution in [3.63, 3.8) is 0 Å². The smallest absolute Gasteiger partial charge is 0.261 e. The van der Waals surface area contributed by atoms with Crippen LogP contribution in [0.3, 0.4) is 0 Å². The molecule has 2 amide bonds. The molecule has 0 atom stereocenters. The van der Waals surface area contributed by atoms with Gasteiger partial charge in [0.1, 0.15) is 6.61 Å². The number of anilines is 1. The molecule has 0 aromatic heterocycles. The second-order valence-corrected chi connectivity index (χ2v) is 6.58. The summed E-state index contributed by atoms with van der Waals surface area (Å²) in [6.07, 6.45) is 0. The van der Waals surface area contributed by atoms with Crippen LogP contribution in [0.4, 0.5) is 5.69 Å². The number of benzene rings is 2. The van der Waals surface area contributed by atoms with Crippen molar-refractivity contribution in [1.82, 2.24) is 4.90 Å². The highest BCUT2D eigenvalue weighted by molar-refractivity contribution is 7.80. The Bertz CT molecular complexity index is 937. The van der Waals surface area contributed by atoms with Crippen LogP contribution in [0.15, 0.2) is 42.5 Å². The Hall–Kier alpha value is -3.06. The minimum atomic E-state index is -0.322. The summed E-state index contributed by atoms with van der Waals surface area (Å²) in [5.74, 6) is -0.658. The first-order valence-electron chi connectivity index (χ1n) is 8.38. The van der Waals surface area contributed by atoms with Crippen molar-refractivity contribution < 1.29 is 19.1 Å². The number of Topliss-reactive ketones (excluding diaryl/α,β-unsaturated/α-hetero) is 1. The van der Waals surface area contributed by atoms with Crippen molar-refractivity contribution in [3.05, 3.63) is 64.7 Å². The predicted molar refractivity (Wildman–Crippen MR) is 105 cm³/mol. The maximum Gasteiger partial charge on any atom is 0.261 e. The fourth-order valence-electron chi connectivity index (χ4n) is 2.78. The Morgan fingerprint density at radius 3 is 2.41 bits per heavy atom. The molecule has 0 unspecified atom stereocenters. The van der Waals surface area contributed by atoms with Crippen LogP contribution in [0.5, 0.6) is 0 Å². The van der Waals surface area contributed by atoms with Gasteiger partial charge in [0.2, 0.25) is 0 Å². The number of thiocarbonyl (C=S) groups is 1. The summed E-state index contributed by atoms with van der Waals surface area (Å²) in [5, 5.41) is 3.01. The van der Waals surface area contributed by atoms with E-state index in [-0.39, 0.29) is 35.9 Å². The van der Waals surface area contributed by atoms with Gasteiger partial charge in [-0.25, -0.2) is 0 Å². The molecule has 1 heterocycles. The third-order valence-corrected chi connectivity index (χ3v) is 4.43. The summed E-state index contributed by atoms with van der Waals surface area (Å²) in [4.78, 5) is 37.2. The van der Waals surface area contributed by atoms with E-state index in [1.165, 1.54) is 6.92 Å². The Morgan fingerprint density at radius 1 is 1.07 bits per heavy atom. The number of ketones is 1. The minimum Gasteiger partial charge on any atom is -0.469 e. The van der Waals surface area contributed by atoms with E-state index < -0.39 is 0 Å². The number of aryl methyl sites for hydroxylation is 1. The normalized spacial score (nSPS) is 12.7. The second kappa shape index (κ2) is 7.67. The zero-order valence-corrected chi connectivity index (χ0v) is 15.8. The van der Waals surface area contributed by atoms with Crippen LogP contribution < -0.4 is 5.32 Å². The summed E-state index contributed by atoms with van der Waals surface area (Å²) in [6.45, 7) is 3.56. The number of carbonyl (C=O) groups excluding carboxylic acids is 3. The number of carbonyl (C=O) groups is 3. The van der Waals surface area contributed by atoms with Crippen molar-refractivity contribution in [3.8, 4) is 0 Å². The highest BCUT2D eigenvalue weighted by Crippen LogP contribution is 2.23. The van der Waals surface area contributed by atoms with Gasteiger partial charge in [0.15, 0.2) is 5.78 Å². The molecular weight excluding hydrogens is 364 g/mol. The van der Waals surface area contributed by atoms with Gasteiger partial charge >= 0.3 is 0 Å². The van der Waals surface area contributed by atoms with Gasteiger partial charge in [-0.1, -0.05) is 11.6 Å². The van der Waals surface area contributed by atoms with Gasteiger partial charge in [-0.05, 0) is 62.5 Å². The van der Waals surface area contributed by atoms with Crippen molar-refractivity contribution in [1.29, 1.82) is 0 Å². The highest BCUT2D eigenvalue weighted by atomic mass is 32.1. The van der Waals surface area contributed by atoms with E-state index >= 15 is 0 Å². The molecule has 6 nitrogen and oxygen atoms in total. The number of nitrogens with zero attached hydrogens (tertiary/aromatic N) is 1. The topological polar surface area (TPSA) is 75.7 Å². The van der Waals surface area contributed by atoms with Crippen LogP contribution in [-0.2, 0) is 4.74 Å². The SMILES string of the molecule is CC(=O)c1ccc(NC(=S)OCCN2C(=O)c3ccc(C)cc3C2=O)cc1. The lowest BCUT2D eigenvalue weighted by molar-refractivity contribution is 0.0629. The Labute approximate surface area is 162 Å². The Balaban J connectivity index is 1.52. The molecule has 1 aliphatic heterocycles. The molecule has 1 aliphatic rings. The van der Waals surface area contributed by atoms with E-state index in [1.807, 2.05) is 6.92 Å². The molecule has 0 bridgehead atoms. The maximum atomic E-state index is 12.4. The zero-order chi connectivity index (χ0) is 19.6. The summed E-state index contributed by atoms with van der Waals surface area (Å²) >= 11 is 5.12. The number of imide groups is 1. The molecule has 0 aliphatic carbocycles. The summed E-state index contributed by atoms with van der Waals surface area (Å²) in [7, 11) is 0. The van der Waals surface area contributed by atoms with E-state index in [9.17, 15) is 14.4 Å². The number of nitrogens with one attached hydrogen (secondary N) is 1. The van der Waals surface area contributed by atoms with Crippen LogP contribution in [0.25, 0.3) is 0 Å². The monoisotopic (exact) mass is 382 g/mol. The van der Waals surface area contributed by atoms with Crippen LogP contribution >= 0.6 is 12.2 Å². The summed E-state index contributed by atoms with van der Waals surface area (Å²) in [6, 6.07) is 12.0. The van der Waals surface area contributed by atoms with Gasteiger partial charge in [0, 0.05) is 11.3 Å². The molecular formula is C20H18N2O4S. The van der Waals surface area contributed by atoms with E-state index in [0.717, 1.165) is 10.5 Å². The van der Waals surface area contributed by atoms with Crippen LogP contribution in [-0.4, -0.2) is 40.8 Å². The highest BCUT2D eigenvalue weighted by Gasteiger charge is 2.35. The number of hydrogen-bond acceptors (Lipinski definition) is 5. The molecule has 0 radical (unpaired) electrons. The number of fused-ring (bicyclic) bond motifs is 1. The minimum absolute atomic E-state index is 0.0171. The fourth-order valence-corrected chi connectivity index (χ4v) is 2.98. The molecule has 0 spiro atoms. The van der Waals surface area contributed by atoms with Crippen LogP contribution in [0.2, 0.25) is 0 Å². The van der Waals surface area contributed by atoms with Gasteiger partial charge in [0.05, 0.1) is 17.7 Å². The lowest BCUT2D eigenvalue weighted by Gasteiger charge is -2.15. The number of hydrogen-bond donors (Lipinski definition) is 1. The van der Waals surface area contributed by atoms with E-state index in [4.69, 9.17) is 17.0 Å². The molecule has 0 saturated carbocycles. The average Bonchev–Trinajstić information content (AvgIpc) is 2.86. The zero-order valence-electron chi connectivity index (χ0n) is 14.9. The van der Waals surface area contributed by atoms with E-state index in [1.54, 1.807) is 42.5 Å². The Morgan fingerprint density at radius 2 is 1.74 bits per heavy atom. The average molecular weight is 382 g/mol. The van der Waals surface area contributed by atoms with E-state index in [0.29, 0.717) is 22.4 Å². The van der Waals surface area contributed by atoms with E-state index in [2.05, 4.69) is 5.32 Å². The largest absolute Gasteiger partial charge is 0.469 e. The molecule has 2 aromatic rings. The summed E-state index contributed by atoms with van der Waals surface area (Å²) < 4.78 is 5.41. The van der Waals surface area contributed by atoms with Gasteiger partial charge in [-0.2, -0.15) is 0 Å². The van der Waals surface area contributed by atoms with Gasteiger partial charge in [-0.15, -0.1) is 0 Å². The molecule has 27 heavy (non-hydrogen) atoms. The fraction of sp³-hybridized carbons (Fsp3) is 0.200. The van der Waals surface area contributed by atoms with Gasteiger partial charge in [0.25, 0.3) is 17.0 Å². The molecule has 0 saturated heterocycles. The molecule has 1 N–H and O–H groups in total. The van der Waals surface area contributed by atoms with Crippen LogP contribution in [0.1, 0.15) is 43.6 Å². The van der Waals surface area contributed by atoms with Crippen molar-refractivity contribution >= 4 is 40.7 Å². The lowest BCUT2D eigenvalue weighted by Crippen LogP contribution is -2.33. The Kier molecular flexibility index (Phi) is 5.32. The van der Waals surface area contributed by atoms with Gasteiger partial charge < -0.3 is 10.1 Å². The van der Waals surface area contributed by atoms with Crippen molar-refractivity contribution in [2.45, 2.75) is 13.8 Å². The standard InChI is InChI=1S/C20H18N2O4S/c1-12-3-8-16-17(11-12)19(25)22(18(16)24)9-10-26-20(27)21-15-6-4-14(5-7-15)13(2)23/h3-8,11H,9-10H2,1-2H3,(H,21,27). The van der Waals surface area contributed by atoms with Gasteiger partial charge in [-0.3, -0.25) is 19.3 Å². The first kappa shape index (κ1) is 18.7. The molecule has 138 valence electrons. The van der Waals surface area contributed by atoms with Crippen molar-refractivity contribution in [2.75, 3.05) is 18.5 Å². The van der Waals surface area contributed by atoms with Crippen LogP contribution in [0, 0.1) is 6.92 Å². The number of amides is 2. The third-order valence-electron chi connectivity index (χ3n) is 4.21. The lowest BCUT2D eigenvalue weighted by atomic mass is 10.1. The molecule has 2 aromatic carbocycles. The number of ether oxygens (including phenoxy) is 1. The first-order chi connectivity index (χ1) is 12.9. The molecule has 3 rings (SSSR count). The molecule has 0 fully saturated rings.